The zero-order chi connectivity index (χ0) is 31.5. The Morgan fingerprint density at radius 2 is 0.500 bits per heavy atom. The van der Waals surface area contributed by atoms with Gasteiger partial charge in [-0.05, 0) is 77.7 Å². The van der Waals surface area contributed by atoms with Crippen molar-refractivity contribution in [3.8, 4) is 66.8 Å². The van der Waals surface area contributed by atoms with Gasteiger partial charge in [-0.1, -0.05) is 197 Å². The van der Waals surface area contributed by atoms with Gasteiger partial charge in [-0.25, -0.2) is 0 Å². The van der Waals surface area contributed by atoms with Crippen LogP contribution in [-0.2, 0) is 5.41 Å². The maximum atomic E-state index is 2.33. The van der Waals surface area contributed by atoms with E-state index < -0.39 is 0 Å². The van der Waals surface area contributed by atoms with Gasteiger partial charge in [0.1, 0.15) is 0 Å². The molecule has 0 fully saturated rings. The van der Waals surface area contributed by atoms with E-state index in [4.69, 9.17) is 0 Å². The highest BCUT2D eigenvalue weighted by Gasteiger charge is 2.31. The van der Waals surface area contributed by atoms with Crippen LogP contribution in [0.25, 0.3) is 66.8 Å². The van der Waals surface area contributed by atoms with E-state index in [-0.39, 0.29) is 5.41 Å². The molecule has 0 radical (unpaired) electrons. The Morgan fingerprint density at radius 1 is 0.261 bits per heavy atom. The van der Waals surface area contributed by atoms with Gasteiger partial charge < -0.3 is 0 Å². The number of hydrogen-bond acceptors (Lipinski definition) is 0. The molecule has 0 heterocycles. The van der Waals surface area contributed by atoms with Crippen LogP contribution in [-0.4, -0.2) is 0 Å². The summed E-state index contributed by atoms with van der Waals surface area (Å²) in [6.07, 6.45) is 0. The Morgan fingerprint density at radius 3 is 0.783 bits per heavy atom. The fourth-order valence-corrected chi connectivity index (χ4v) is 6.84. The molecule has 0 atom stereocenters. The van der Waals surface area contributed by atoms with E-state index in [1.165, 1.54) is 72.3 Å². The SMILES string of the molecule is CC(C)(C)c1ccccc1-c1c(-c2ccccc2)c(-c2ccccc2)c(-c2ccccc2)c(-c2ccccc2)c1-c1ccccc1. The fourth-order valence-electron chi connectivity index (χ4n) is 6.84. The van der Waals surface area contributed by atoms with Crippen molar-refractivity contribution in [2.75, 3.05) is 0 Å². The first-order valence-electron chi connectivity index (χ1n) is 16.1. The third-order valence-electron chi connectivity index (χ3n) is 8.82. The molecule has 7 aromatic rings. The molecule has 0 aliphatic rings. The van der Waals surface area contributed by atoms with Gasteiger partial charge in [0.15, 0.2) is 0 Å². The van der Waals surface area contributed by atoms with Crippen molar-refractivity contribution in [2.24, 2.45) is 0 Å². The summed E-state index contributed by atoms with van der Waals surface area (Å²) in [5.41, 5.74) is 16.0. The van der Waals surface area contributed by atoms with Crippen molar-refractivity contribution in [1.82, 2.24) is 0 Å². The molecule has 7 rings (SSSR count). The molecular weight excluding hydrogens is 553 g/mol. The molecular formula is C46H38. The molecule has 0 saturated carbocycles. The lowest BCUT2D eigenvalue weighted by atomic mass is 9.72. The summed E-state index contributed by atoms with van der Waals surface area (Å²) in [6.45, 7) is 6.97. The lowest BCUT2D eigenvalue weighted by Gasteiger charge is -2.31. The van der Waals surface area contributed by atoms with Gasteiger partial charge >= 0.3 is 0 Å². The van der Waals surface area contributed by atoms with E-state index in [0.29, 0.717) is 0 Å². The third kappa shape index (κ3) is 5.48. The minimum absolute atomic E-state index is 0.0730. The minimum atomic E-state index is -0.0730. The van der Waals surface area contributed by atoms with E-state index in [1.54, 1.807) is 0 Å². The van der Waals surface area contributed by atoms with Crippen LogP contribution >= 0.6 is 0 Å². The van der Waals surface area contributed by atoms with Crippen molar-refractivity contribution in [3.05, 3.63) is 181 Å². The quantitative estimate of drug-likeness (QED) is 0.181. The van der Waals surface area contributed by atoms with Gasteiger partial charge in [-0.2, -0.15) is 0 Å². The Kier molecular flexibility index (Phi) is 7.95. The zero-order valence-corrected chi connectivity index (χ0v) is 26.7. The van der Waals surface area contributed by atoms with Crippen LogP contribution in [0, 0.1) is 0 Å². The first-order valence-corrected chi connectivity index (χ1v) is 16.1. The smallest absolute Gasteiger partial charge is 0.00109 e. The van der Waals surface area contributed by atoms with Crippen molar-refractivity contribution in [3.63, 3.8) is 0 Å². The highest BCUT2D eigenvalue weighted by molar-refractivity contribution is 6.15. The summed E-state index contributed by atoms with van der Waals surface area (Å²) in [5.74, 6) is 0. The average Bonchev–Trinajstić information content (AvgIpc) is 3.12. The molecule has 0 N–H and O–H groups in total. The van der Waals surface area contributed by atoms with Gasteiger partial charge in [0.2, 0.25) is 0 Å². The monoisotopic (exact) mass is 590 g/mol. The Balaban J connectivity index is 1.84. The van der Waals surface area contributed by atoms with Crippen LogP contribution in [0.15, 0.2) is 176 Å². The van der Waals surface area contributed by atoms with Crippen LogP contribution in [0.4, 0.5) is 0 Å². The van der Waals surface area contributed by atoms with Crippen molar-refractivity contribution >= 4 is 0 Å². The molecule has 0 aliphatic carbocycles. The fraction of sp³-hybridized carbons (Fsp3) is 0.0870. The third-order valence-corrected chi connectivity index (χ3v) is 8.82. The van der Waals surface area contributed by atoms with Crippen LogP contribution in [0.5, 0.6) is 0 Å². The molecule has 46 heavy (non-hydrogen) atoms. The zero-order valence-electron chi connectivity index (χ0n) is 26.7. The van der Waals surface area contributed by atoms with Crippen molar-refractivity contribution < 1.29 is 0 Å². The second-order valence-corrected chi connectivity index (χ2v) is 12.9. The number of rotatable bonds is 6. The van der Waals surface area contributed by atoms with Gasteiger partial charge in [0.25, 0.3) is 0 Å². The van der Waals surface area contributed by atoms with E-state index in [1.807, 2.05) is 0 Å². The predicted octanol–water partition coefficient (Wildman–Crippen LogP) is 13.0. The predicted molar refractivity (Wildman–Crippen MR) is 198 cm³/mol. The average molecular weight is 591 g/mol. The summed E-state index contributed by atoms with van der Waals surface area (Å²) >= 11 is 0. The second kappa shape index (κ2) is 12.5. The first kappa shape index (κ1) is 29.3. The van der Waals surface area contributed by atoms with E-state index in [0.717, 1.165) is 0 Å². The summed E-state index contributed by atoms with van der Waals surface area (Å²) < 4.78 is 0. The Hall–Kier alpha value is -5.46. The van der Waals surface area contributed by atoms with E-state index in [2.05, 4.69) is 197 Å². The molecule has 0 unspecified atom stereocenters. The Bertz CT molecular complexity index is 1960. The highest BCUT2D eigenvalue weighted by Crippen LogP contribution is 2.56. The number of hydrogen-bond donors (Lipinski definition) is 0. The molecule has 0 aliphatic heterocycles. The summed E-state index contributed by atoms with van der Waals surface area (Å²) in [6, 6.07) is 63.9. The Labute approximate surface area is 273 Å². The highest BCUT2D eigenvalue weighted by atomic mass is 14.3. The largest absolute Gasteiger partial charge is 0.0622 e. The lowest BCUT2D eigenvalue weighted by Crippen LogP contribution is -2.13. The molecule has 0 nitrogen and oxygen atoms in total. The molecule has 0 bridgehead atoms. The molecule has 0 aromatic heterocycles. The maximum Gasteiger partial charge on any atom is -0.00109 e. The molecule has 222 valence electrons. The summed E-state index contributed by atoms with van der Waals surface area (Å²) in [7, 11) is 0. The van der Waals surface area contributed by atoms with Crippen molar-refractivity contribution in [1.29, 1.82) is 0 Å². The standard InChI is InChI=1S/C46H38/c1-46(2,3)39-32-20-19-31-38(39)45-43(36-27-15-7-16-28-36)41(34-23-11-5-12-24-34)40(33-21-9-4-10-22-33)42(35-25-13-6-14-26-35)44(45)37-29-17-8-18-30-37/h4-32H,1-3H3. The minimum Gasteiger partial charge on any atom is -0.0622 e. The normalized spacial score (nSPS) is 11.4. The molecule has 7 aromatic carbocycles. The van der Waals surface area contributed by atoms with Gasteiger partial charge in [-0.3, -0.25) is 0 Å². The van der Waals surface area contributed by atoms with Crippen molar-refractivity contribution in [2.45, 2.75) is 26.2 Å². The summed E-state index contributed by atoms with van der Waals surface area (Å²) in [4.78, 5) is 0. The van der Waals surface area contributed by atoms with Crippen LogP contribution < -0.4 is 0 Å². The lowest BCUT2D eigenvalue weighted by molar-refractivity contribution is 0.592. The molecule has 0 spiro atoms. The second-order valence-electron chi connectivity index (χ2n) is 12.9. The van der Waals surface area contributed by atoms with Crippen LogP contribution in [0.2, 0.25) is 0 Å². The topological polar surface area (TPSA) is 0 Å². The molecule has 0 heteroatoms. The van der Waals surface area contributed by atoms with E-state index in [9.17, 15) is 0 Å². The molecule has 0 saturated heterocycles. The maximum absolute atomic E-state index is 2.33. The molecule has 0 amide bonds. The van der Waals surface area contributed by atoms with Gasteiger partial charge in [-0.15, -0.1) is 0 Å². The van der Waals surface area contributed by atoms with Gasteiger partial charge in [0.05, 0.1) is 0 Å². The van der Waals surface area contributed by atoms with Gasteiger partial charge in [0, 0.05) is 0 Å². The first-order chi connectivity index (χ1) is 22.5. The summed E-state index contributed by atoms with van der Waals surface area (Å²) in [5, 5.41) is 0. The van der Waals surface area contributed by atoms with E-state index >= 15 is 0 Å². The number of benzene rings is 7. The van der Waals surface area contributed by atoms with Crippen LogP contribution in [0.1, 0.15) is 26.3 Å². The van der Waals surface area contributed by atoms with Crippen LogP contribution in [0.3, 0.4) is 0 Å².